The van der Waals surface area contributed by atoms with E-state index >= 15 is 0 Å². The van der Waals surface area contributed by atoms with Gasteiger partial charge in [-0.05, 0) is 44.9 Å². The van der Waals surface area contributed by atoms with Gasteiger partial charge in [0.15, 0.2) is 5.43 Å². The first-order valence-electron chi connectivity index (χ1n) is 7.65. The largest absolute Gasteiger partial charge is 0.393 e. The molecule has 0 radical (unpaired) electrons. The lowest BCUT2D eigenvalue weighted by molar-refractivity contribution is 0.154. The van der Waals surface area contributed by atoms with Gasteiger partial charge in [0.1, 0.15) is 0 Å². The van der Waals surface area contributed by atoms with Crippen LogP contribution in [-0.4, -0.2) is 34.2 Å². The Hall–Kier alpha value is -1.65. The summed E-state index contributed by atoms with van der Waals surface area (Å²) in [6, 6.07) is 7.63. The Morgan fingerprint density at radius 1 is 1.29 bits per heavy atom. The molecule has 1 aliphatic rings. The molecule has 1 aromatic heterocycles. The molecule has 21 heavy (non-hydrogen) atoms. The predicted octanol–water partition coefficient (Wildman–Crippen LogP) is 2.18. The molecule has 112 valence electrons. The maximum Gasteiger partial charge on any atom is 0.189 e. The summed E-state index contributed by atoms with van der Waals surface area (Å²) < 4.78 is 0. The van der Waals surface area contributed by atoms with Crippen LogP contribution in [0.5, 0.6) is 0 Å². The van der Waals surface area contributed by atoms with Gasteiger partial charge in [0.2, 0.25) is 0 Å². The van der Waals surface area contributed by atoms with Gasteiger partial charge in [0.25, 0.3) is 0 Å². The van der Waals surface area contributed by atoms with Crippen molar-refractivity contribution in [2.24, 2.45) is 0 Å². The molecule has 0 bridgehead atoms. The standard InChI is InChI=1S/C17H22N2O2/c1-12-4-5-16-15(9-12)17(21)10-13(18-16)11-19-7-2-3-14(20)6-8-19/h4-5,9-10,14,20H,2-3,6-8,11H2,1H3,(H,18,21)/t14-/m0/s1. The van der Waals surface area contributed by atoms with Gasteiger partial charge < -0.3 is 10.1 Å². The number of H-pyrrole nitrogens is 1. The molecule has 0 amide bonds. The molecule has 0 unspecified atom stereocenters. The van der Waals surface area contributed by atoms with Crippen molar-refractivity contribution in [1.82, 2.24) is 9.88 Å². The van der Waals surface area contributed by atoms with Crippen LogP contribution in [0.3, 0.4) is 0 Å². The van der Waals surface area contributed by atoms with Gasteiger partial charge in [-0.2, -0.15) is 0 Å². The molecule has 3 rings (SSSR count). The van der Waals surface area contributed by atoms with Crippen LogP contribution in [0.25, 0.3) is 10.9 Å². The number of hydrogen-bond donors (Lipinski definition) is 2. The lowest BCUT2D eigenvalue weighted by Gasteiger charge is -2.19. The van der Waals surface area contributed by atoms with Crippen molar-refractivity contribution >= 4 is 10.9 Å². The van der Waals surface area contributed by atoms with Crippen molar-refractivity contribution in [2.45, 2.75) is 38.8 Å². The summed E-state index contributed by atoms with van der Waals surface area (Å²) in [6.45, 7) is 4.60. The number of hydrogen-bond acceptors (Lipinski definition) is 3. The van der Waals surface area contributed by atoms with E-state index in [1.54, 1.807) is 6.07 Å². The normalized spacial score (nSPS) is 20.6. The molecule has 2 heterocycles. The minimum absolute atomic E-state index is 0.0808. The van der Waals surface area contributed by atoms with E-state index in [2.05, 4.69) is 9.88 Å². The zero-order valence-corrected chi connectivity index (χ0v) is 12.4. The molecule has 1 aliphatic heterocycles. The molecular formula is C17H22N2O2. The van der Waals surface area contributed by atoms with Crippen molar-refractivity contribution in [1.29, 1.82) is 0 Å². The van der Waals surface area contributed by atoms with Crippen molar-refractivity contribution in [3.05, 3.63) is 45.7 Å². The Bertz CT molecular complexity index is 693. The number of aryl methyl sites for hydroxylation is 1. The van der Waals surface area contributed by atoms with E-state index in [0.717, 1.165) is 61.1 Å². The number of pyridine rings is 1. The first-order chi connectivity index (χ1) is 10.1. The highest BCUT2D eigenvalue weighted by Gasteiger charge is 2.15. The van der Waals surface area contributed by atoms with Crippen LogP contribution in [0.4, 0.5) is 0 Å². The van der Waals surface area contributed by atoms with Gasteiger partial charge >= 0.3 is 0 Å². The van der Waals surface area contributed by atoms with Crippen LogP contribution in [-0.2, 0) is 6.54 Å². The SMILES string of the molecule is Cc1ccc2[nH]c(CN3CCC[C@H](O)CC3)cc(=O)c2c1. The van der Waals surface area contributed by atoms with E-state index in [4.69, 9.17) is 0 Å². The summed E-state index contributed by atoms with van der Waals surface area (Å²) in [5.41, 5.74) is 3.03. The quantitative estimate of drug-likeness (QED) is 0.889. The molecule has 2 aromatic rings. The number of fused-ring (bicyclic) bond motifs is 1. The van der Waals surface area contributed by atoms with Crippen molar-refractivity contribution in [3.8, 4) is 0 Å². The van der Waals surface area contributed by atoms with Crippen molar-refractivity contribution in [2.75, 3.05) is 13.1 Å². The number of aliphatic hydroxyl groups excluding tert-OH is 1. The third-order valence-electron chi connectivity index (χ3n) is 4.23. The number of aromatic nitrogens is 1. The molecule has 1 aromatic carbocycles. The summed E-state index contributed by atoms with van der Waals surface area (Å²) in [4.78, 5) is 17.9. The maximum absolute atomic E-state index is 12.2. The monoisotopic (exact) mass is 286 g/mol. The second-order valence-electron chi connectivity index (χ2n) is 6.07. The Morgan fingerprint density at radius 3 is 3.00 bits per heavy atom. The van der Waals surface area contributed by atoms with Gasteiger partial charge in [-0.15, -0.1) is 0 Å². The van der Waals surface area contributed by atoms with E-state index < -0.39 is 0 Å². The molecule has 1 atom stereocenters. The highest BCUT2D eigenvalue weighted by molar-refractivity contribution is 5.79. The van der Waals surface area contributed by atoms with E-state index in [1.165, 1.54) is 0 Å². The minimum atomic E-state index is -0.173. The summed E-state index contributed by atoms with van der Waals surface area (Å²) in [5.74, 6) is 0. The first kappa shape index (κ1) is 14.3. The average molecular weight is 286 g/mol. The zero-order valence-electron chi connectivity index (χ0n) is 12.4. The third kappa shape index (κ3) is 3.34. The number of aliphatic hydroxyl groups is 1. The fourth-order valence-corrected chi connectivity index (χ4v) is 3.04. The topological polar surface area (TPSA) is 56.3 Å². The van der Waals surface area contributed by atoms with Gasteiger partial charge in [-0.3, -0.25) is 9.69 Å². The second-order valence-corrected chi connectivity index (χ2v) is 6.07. The predicted molar refractivity (Wildman–Crippen MR) is 84.4 cm³/mol. The number of benzene rings is 1. The highest BCUT2D eigenvalue weighted by atomic mass is 16.3. The highest BCUT2D eigenvalue weighted by Crippen LogP contribution is 2.15. The molecule has 4 heteroatoms. The van der Waals surface area contributed by atoms with Crippen LogP contribution in [0.1, 0.15) is 30.5 Å². The molecule has 0 saturated carbocycles. The lowest BCUT2D eigenvalue weighted by Crippen LogP contribution is -2.25. The second kappa shape index (κ2) is 6.00. The minimum Gasteiger partial charge on any atom is -0.393 e. The smallest absolute Gasteiger partial charge is 0.189 e. The molecule has 0 aliphatic carbocycles. The first-order valence-corrected chi connectivity index (χ1v) is 7.65. The number of aromatic amines is 1. The summed E-state index contributed by atoms with van der Waals surface area (Å²) in [6.07, 6.45) is 2.53. The van der Waals surface area contributed by atoms with Crippen LogP contribution >= 0.6 is 0 Å². The summed E-state index contributed by atoms with van der Waals surface area (Å²) in [7, 11) is 0. The molecule has 2 N–H and O–H groups in total. The Balaban J connectivity index is 1.84. The van der Waals surface area contributed by atoms with Gasteiger partial charge in [0.05, 0.1) is 6.10 Å². The Kier molecular flexibility index (Phi) is 4.08. The number of rotatable bonds is 2. The van der Waals surface area contributed by atoms with Gasteiger partial charge in [0, 0.05) is 35.8 Å². The maximum atomic E-state index is 12.2. The van der Waals surface area contributed by atoms with E-state index in [1.807, 2.05) is 25.1 Å². The summed E-state index contributed by atoms with van der Waals surface area (Å²) in [5, 5.41) is 10.5. The average Bonchev–Trinajstić information content (AvgIpc) is 2.65. The van der Waals surface area contributed by atoms with E-state index in [-0.39, 0.29) is 11.5 Å². The Labute approximate surface area is 124 Å². The number of nitrogens with zero attached hydrogens (tertiary/aromatic N) is 1. The molecular weight excluding hydrogens is 264 g/mol. The molecule has 4 nitrogen and oxygen atoms in total. The van der Waals surface area contributed by atoms with Crippen molar-refractivity contribution < 1.29 is 5.11 Å². The van der Waals surface area contributed by atoms with Crippen LogP contribution in [0.15, 0.2) is 29.1 Å². The fraction of sp³-hybridized carbons (Fsp3) is 0.471. The zero-order chi connectivity index (χ0) is 14.8. The number of likely N-dealkylation sites (tertiary alicyclic amines) is 1. The lowest BCUT2D eigenvalue weighted by atomic mass is 10.1. The Morgan fingerprint density at radius 2 is 2.14 bits per heavy atom. The van der Waals surface area contributed by atoms with Crippen molar-refractivity contribution in [3.63, 3.8) is 0 Å². The van der Waals surface area contributed by atoms with Gasteiger partial charge in [-0.1, -0.05) is 11.6 Å². The van der Waals surface area contributed by atoms with Gasteiger partial charge in [-0.25, -0.2) is 0 Å². The third-order valence-corrected chi connectivity index (χ3v) is 4.23. The molecule has 1 fully saturated rings. The number of nitrogens with one attached hydrogen (secondary N) is 1. The summed E-state index contributed by atoms with van der Waals surface area (Å²) >= 11 is 0. The van der Waals surface area contributed by atoms with Crippen LogP contribution < -0.4 is 5.43 Å². The fourth-order valence-electron chi connectivity index (χ4n) is 3.04. The molecule has 0 spiro atoms. The van der Waals surface area contributed by atoms with E-state index in [0.29, 0.717) is 0 Å². The van der Waals surface area contributed by atoms with E-state index in [9.17, 15) is 9.90 Å². The molecule has 1 saturated heterocycles. The van der Waals surface area contributed by atoms with Crippen LogP contribution in [0.2, 0.25) is 0 Å². The van der Waals surface area contributed by atoms with Crippen LogP contribution in [0, 0.1) is 6.92 Å².